The summed E-state index contributed by atoms with van der Waals surface area (Å²) in [6, 6.07) is 0. The molecule has 0 radical (unpaired) electrons. The first-order chi connectivity index (χ1) is 23.5. The van der Waals surface area contributed by atoms with Crippen molar-refractivity contribution >= 4 is 43.2 Å². The fourth-order valence-corrected chi connectivity index (χ4v) is 7.50. The Kier molecular flexibility index (Phi) is 23.7. The minimum atomic E-state index is -5.76. The van der Waals surface area contributed by atoms with Gasteiger partial charge in [-0.05, 0) is 12.8 Å². The SMILES string of the molecule is CCCCCCCC(=O)OC[C@H](COP(=O)(O)OC1[C@H](O)[C@H](OP(=O)(O)O)C(OP(=O)(O)O)[C@H](OP(=O)(O)O)[C@H]1O)OC(=O)CCCCCCC.N. The van der Waals surface area contributed by atoms with Crippen molar-refractivity contribution in [3.8, 4) is 0 Å². The Morgan fingerprint density at radius 3 is 1.38 bits per heavy atom. The summed E-state index contributed by atoms with van der Waals surface area (Å²) in [6.07, 6.45) is -9.83. The Hall–Kier alpha value is -0.740. The molecular formula is C25H53NO22P4. The Morgan fingerprint density at radius 2 is 0.962 bits per heavy atom. The lowest BCUT2D eigenvalue weighted by Gasteiger charge is -2.45. The van der Waals surface area contributed by atoms with E-state index in [2.05, 4.69) is 13.6 Å². The topological polar surface area (TPSA) is 384 Å². The summed E-state index contributed by atoms with van der Waals surface area (Å²) in [4.78, 5) is 91.0. The van der Waals surface area contributed by atoms with Crippen LogP contribution in [0.3, 0.4) is 0 Å². The summed E-state index contributed by atoms with van der Waals surface area (Å²) in [5.41, 5.74) is 0. The molecule has 0 aliphatic heterocycles. The number of ether oxygens (including phenoxy) is 2. The Labute approximate surface area is 300 Å². The summed E-state index contributed by atoms with van der Waals surface area (Å²) >= 11 is 0. The number of carbonyl (C=O) groups excluding carboxylic acids is 2. The molecule has 0 heterocycles. The van der Waals surface area contributed by atoms with Crippen LogP contribution in [0.25, 0.3) is 0 Å². The van der Waals surface area contributed by atoms with E-state index in [9.17, 15) is 72.3 Å². The van der Waals surface area contributed by atoms with E-state index in [0.717, 1.165) is 44.9 Å². The molecular weight excluding hydrogens is 790 g/mol. The van der Waals surface area contributed by atoms with E-state index in [1.54, 1.807) is 0 Å². The van der Waals surface area contributed by atoms with Crippen LogP contribution in [0.1, 0.15) is 90.9 Å². The van der Waals surface area contributed by atoms with Gasteiger partial charge in [-0.3, -0.25) is 32.2 Å². The largest absolute Gasteiger partial charge is 0.472 e. The zero-order valence-electron chi connectivity index (χ0n) is 28.8. The molecule has 23 nitrogen and oxygen atoms in total. The number of phosphoric ester groups is 4. The van der Waals surface area contributed by atoms with Gasteiger partial charge in [-0.15, -0.1) is 0 Å². The number of hydrogen-bond acceptors (Lipinski definition) is 16. The summed E-state index contributed by atoms with van der Waals surface area (Å²) < 4.78 is 80.7. The summed E-state index contributed by atoms with van der Waals surface area (Å²) in [5, 5.41) is 21.5. The maximum atomic E-state index is 13.0. The molecule has 12 N–H and O–H groups in total. The van der Waals surface area contributed by atoms with Gasteiger partial charge in [0.1, 0.15) is 43.2 Å². The van der Waals surface area contributed by atoms with Gasteiger partial charge in [0.15, 0.2) is 6.10 Å². The Balaban J connectivity index is 0.0000260. The molecule has 1 saturated carbocycles. The molecule has 52 heavy (non-hydrogen) atoms. The van der Waals surface area contributed by atoms with E-state index in [4.69, 9.17) is 18.5 Å². The van der Waals surface area contributed by atoms with E-state index >= 15 is 0 Å². The highest BCUT2D eigenvalue weighted by molar-refractivity contribution is 7.47. The van der Waals surface area contributed by atoms with Crippen molar-refractivity contribution in [2.24, 2.45) is 0 Å². The number of phosphoric acid groups is 4. The van der Waals surface area contributed by atoms with Crippen LogP contribution in [0, 0.1) is 0 Å². The van der Waals surface area contributed by atoms with Crippen molar-refractivity contribution in [3.05, 3.63) is 0 Å². The van der Waals surface area contributed by atoms with E-state index in [1.807, 2.05) is 13.8 Å². The zero-order chi connectivity index (χ0) is 39.0. The lowest BCUT2D eigenvalue weighted by atomic mass is 9.85. The first-order valence-electron chi connectivity index (χ1n) is 16.1. The molecule has 1 aliphatic rings. The van der Waals surface area contributed by atoms with E-state index in [-0.39, 0.29) is 19.0 Å². The van der Waals surface area contributed by atoms with Crippen LogP contribution in [0.5, 0.6) is 0 Å². The second-order valence-electron chi connectivity index (χ2n) is 11.6. The van der Waals surface area contributed by atoms with Crippen molar-refractivity contribution in [1.29, 1.82) is 0 Å². The van der Waals surface area contributed by atoms with Gasteiger partial charge in [-0.1, -0.05) is 65.2 Å². The minimum Gasteiger partial charge on any atom is -0.462 e. The Bertz CT molecular complexity index is 1220. The van der Waals surface area contributed by atoms with Gasteiger partial charge in [0.25, 0.3) is 0 Å². The van der Waals surface area contributed by atoms with Crippen molar-refractivity contribution in [2.75, 3.05) is 13.2 Å². The maximum Gasteiger partial charge on any atom is 0.472 e. The van der Waals surface area contributed by atoms with Crippen LogP contribution in [0.4, 0.5) is 0 Å². The highest BCUT2D eigenvalue weighted by atomic mass is 31.2. The monoisotopic (exact) mass is 843 g/mol. The average Bonchev–Trinajstić information content (AvgIpc) is 2.99. The third-order valence-electron chi connectivity index (χ3n) is 7.15. The molecule has 0 aromatic carbocycles. The van der Waals surface area contributed by atoms with Crippen LogP contribution in [-0.4, -0.2) is 112 Å². The lowest BCUT2D eigenvalue weighted by molar-refractivity contribution is -0.209. The van der Waals surface area contributed by atoms with Crippen LogP contribution in [0.15, 0.2) is 0 Å². The third-order valence-corrected chi connectivity index (χ3v) is 9.69. The van der Waals surface area contributed by atoms with Crippen LogP contribution < -0.4 is 6.15 Å². The molecule has 0 amide bonds. The van der Waals surface area contributed by atoms with Crippen LogP contribution >= 0.6 is 31.3 Å². The van der Waals surface area contributed by atoms with Crippen LogP contribution in [-0.2, 0) is 59.9 Å². The summed E-state index contributed by atoms with van der Waals surface area (Å²) in [5.74, 6) is -1.43. The second-order valence-corrected chi connectivity index (χ2v) is 16.6. The van der Waals surface area contributed by atoms with Gasteiger partial charge in [0, 0.05) is 12.8 Å². The average molecular weight is 844 g/mol. The van der Waals surface area contributed by atoms with Crippen molar-refractivity contribution in [3.63, 3.8) is 0 Å². The van der Waals surface area contributed by atoms with Crippen molar-refractivity contribution < 1.29 is 104 Å². The van der Waals surface area contributed by atoms with Crippen molar-refractivity contribution in [2.45, 2.75) is 134 Å². The summed E-state index contributed by atoms with van der Waals surface area (Å²) in [7, 11) is -22.9. The summed E-state index contributed by atoms with van der Waals surface area (Å²) in [6.45, 7) is 2.38. The molecule has 1 rings (SSSR count). The fraction of sp³-hybridized carbons (Fsp3) is 0.920. The molecule has 310 valence electrons. The smallest absolute Gasteiger partial charge is 0.462 e. The number of rotatable bonds is 26. The molecule has 8 atom stereocenters. The van der Waals surface area contributed by atoms with E-state index in [1.165, 1.54) is 0 Å². The molecule has 0 saturated heterocycles. The maximum absolute atomic E-state index is 13.0. The molecule has 0 aromatic rings. The highest BCUT2D eigenvalue weighted by Gasteiger charge is 2.59. The van der Waals surface area contributed by atoms with Crippen LogP contribution in [0.2, 0.25) is 0 Å². The first kappa shape index (κ1) is 51.3. The van der Waals surface area contributed by atoms with Gasteiger partial charge in [0.05, 0.1) is 6.61 Å². The number of esters is 2. The normalized spacial score (nSPS) is 24.4. The van der Waals surface area contributed by atoms with E-state index < -0.39 is 99.2 Å². The molecule has 1 fully saturated rings. The van der Waals surface area contributed by atoms with Gasteiger partial charge in [-0.25, -0.2) is 18.3 Å². The Morgan fingerprint density at radius 1 is 0.558 bits per heavy atom. The number of hydrogen-bond donors (Lipinski definition) is 10. The lowest BCUT2D eigenvalue weighted by Crippen LogP contribution is -2.65. The number of unbranched alkanes of at least 4 members (excludes halogenated alkanes) is 8. The molecule has 3 unspecified atom stereocenters. The standard InChI is InChI=1S/C25H50O22P4.H3N/c1-3-5-7-9-11-13-18(26)41-15-17(43-19(27)14-12-10-8-6-4-2)16-42-51(39,40)47-22-20(28)23(44-48(30,31)32)25(46-50(36,37)38)24(21(22)29)45-49(33,34)35;/h17,20-25,28-29H,3-16H2,1-2H3,(H,39,40)(H2,30,31,32)(H2,33,34,35)(H2,36,37,38);1H3/t17-,20+,21+,22?,23-,24+,25?;/m1./s1. The van der Waals surface area contributed by atoms with Crippen molar-refractivity contribution in [1.82, 2.24) is 6.15 Å². The van der Waals surface area contributed by atoms with Gasteiger partial charge in [0.2, 0.25) is 0 Å². The number of aliphatic hydroxyl groups excluding tert-OH is 2. The first-order valence-corrected chi connectivity index (χ1v) is 22.2. The number of carbonyl (C=O) groups is 2. The van der Waals surface area contributed by atoms with Gasteiger partial charge < -0.3 is 60.1 Å². The van der Waals surface area contributed by atoms with Gasteiger partial charge >= 0.3 is 43.2 Å². The quantitative estimate of drug-likeness (QED) is 0.0338. The minimum absolute atomic E-state index is 0. The molecule has 0 bridgehead atoms. The fourth-order valence-electron chi connectivity index (χ4n) is 4.84. The third kappa shape index (κ3) is 22.0. The highest BCUT2D eigenvalue weighted by Crippen LogP contribution is 2.53. The number of aliphatic hydroxyl groups is 2. The second kappa shape index (κ2) is 24.0. The molecule has 0 spiro atoms. The van der Waals surface area contributed by atoms with Gasteiger partial charge in [-0.2, -0.15) is 0 Å². The predicted octanol–water partition coefficient (Wildman–Crippen LogP) is 2.00. The predicted molar refractivity (Wildman–Crippen MR) is 176 cm³/mol. The molecule has 0 aromatic heterocycles. The molecule has 1 aliphatic carbocycles. The molecule has 27 heteroatoms. The zero-order valence-corrected chi connectivity index (χ0v) is 32.3. The van der Waals surface area contributed by atoms with E-state index in [0.29, 0.717) is 19.3 Å².